The van der Waals surface area contributed by atoms with Gasteiger partial charge in [-0.3, -0.25) is 9.59 Å². The van der Waals surface area contributed by atoms with Crippen LogP contribution in [0.5, 0.6) is 0 Å². The van der Waals surface area contributed by atoms with Crippen LogP contribution in [0.2, 0.25) is 0 Å². The summed E-state index contributed by atoms with van der Waals surface area (Å²) in [5, 5.41) is 17.5. The molecule has 0 fully saturated rings. The van der Waals surface area contributed by atoms with Crippen molar-refractivity contribution in [3.63, 3.8) is 0 Å². The van der Waals surface area contributed by atoms with Crippen molar-refractivity contribution < 1.29 is 24.2 Å². The number of hydrogen-bond acceptors (Lipinski definition) is 2. The molecule has 1 aromatic carbocycles. The Kier molecular flexibility index (Phi) is 4.20. The lowest BCUT2D eigenvalue weighted by atomic mass is 9.89. The molecule has 4 nitrogen and oxygen atoms in total. The van der Waals surface area contributed by atoms with Crippen molar-refractivity contribution in [2.24, 2.45) is 0 Å². The molecule has 0 aliphatic heterocycles. The van der Waals surface area contributed by atoms with E-state index in [1.807, 2.05) is 0 Å². The maximum Gasteiger partial charge on any atom is 0.303 e. The van der Waals surface area contributed by atoms with Gasteiger partial charge in [0.1, 0.15) is 5.82 Å². The number of halogens is 1. The highest BCUT2D eigenvalue weighted by Crippen LogP contribution is 2.27. The van der Waals surface area contributed by atoms with Crippen LogP contribution in [0.1, 0.15) is 29.9 Å². The summed E-state index contributed by atoms with van der Waals surface area (Å²) in [5.74, 6) is -3.36. The number of aliphatic carboxylic acids is 2. The van der Waals surface area contributed by atoms with Gasteiger partial charge < -0.3 is 10.2 Å². The Morgan fingerprint density at radius 3 is 2.24 bits per heavy atom. The molecule has 5 heteroatoms. The molecule has 1 aromatic rings. The number of rotatable bonds is 5. The summed E-state index contributed by atoms with van der Waals surface area (Å²) in [5.41, 5.74) is 0.745. The zero-order valence-electron chi connectivity index (χ0n) is 9.31. The van der Waals surface area contributed by atoms with E-state index in [-0.39, 0.29) is 12.8 Å². The molecule has 0 saturated carbocycles. The molecule has 2 N–H and O–H groups in total. The van der Waals surface area contributed by atoms with Crippen LogP contribution in [0.25, 0.3) is 0 Å². The lowest BCUT2D eigenvalue weighted by Gasteiger charge is -2.15. The molecular formula is C12H13FO4. The van der Waals surface area contributed by atoms with Crippen LogP contribution in [0.4, 0.5) is 4.39 Å². The zero-order chi connectivity index (χ0) is 13.0. The maximum atomic E-state index is 13.3. The molecule has 0 radical (unpaired) electrons. The van der Waals surface area contributed by atoms with Crippen molar-refractivity contribution >= 4 is 11.9 Å². The normalized spacial score (nSPS) is 10.5. The number of carboxylic acid groups (broad SMARTS) is 2. The molecule has 0 atom stereocenters. The number of carbonyl (C=O) groups is 2. The third-order valence-corrected chi connectivity index (χ3v) is 2.59. The van der Waals surface area contributed by atoms with Crippen molar-refractivity contribution in [1.29, 1.82) is 0 Å². The van der Waals surface area contributed by atoms with Gasteiger partial charge in [-0.25, -0.2) is 4.39 Å². The van der Waals surface area contributed by atoms with Gasteiger partial charge in [0.2, 0.25) is 0 Å². The lowest BCUT2D eigenvalue weighted by molar-refractivity contribution is -0.139. The Morgan fingerprint density at radius 2 is 1.76 bits per heavy atom. The zero-order valence-corrected chi connectivity index (χ0v) is 9.31. The molecular weight excluding hydrogens is 227 g/mol. The average molecular weight is 240 g/mol. The fraction of sp³-hybridized carbons (Fsp3) is 0.333. The Labute approximate surface area is 97.7 Å². The van der Waals surface area contributed by atoms with E-state index in [9.17, 15) is 14.0 Å². The van der Waals surface area contributed by atoms with Crippen LogP contribution in [0.15, 0.2) is 18.2 Å². The Hall–Kier alpha value is -1.91. The Bertz CT molecular complexity index is 426. The van der Waals surface area contributed by atoms with Crippen LogP contribution in [0.3, 0.4) is 0 Å². The van der Waals surface area contributed by atoms with Gasteiger partial charge in [0.15, 0.2) is 0 Å². The van der Waals surface area contributed by atoms with Crippen LogP contribution < -0.4 is 0 Å². The summed E-state index contributed by atoms with van der Waals surface area (Å²) in [4.78, 5) is 21.3. The molecule has 0 spiro atoms. The molecule has 92 valence electrons. The topological polar surface area (TPSA) is 74.6 Å². The molecule has 1 rings (SSSR count). The third-order valence-electron chi connectivity index (χ3n) is 2.59. The van der Waals surface area contributed by atoms with E-state index in [2.05, 4.69) is 0 Å². The fourth-order valence-electron chi connectivity index (χ4n) is 1.78. The minimum absolute atomic E-state index is 0.306. The fourth-order valence-corrected chi connectivity index (χ4v) is 1.78. The SMILES string of the molecule is Cc1c(F)cccc1C(CC(=O)O)CC(=O)O. The van der Waals surface area contributed by atoms with Crippen molar-refractivity contribution in [3.8, 4) is 0 Å². The summed E-state index contributed by atoms with van der Waals surface area (Å²) in [7, 11) is 0. The quantitative estimate of drug-likeness (QED) is 0.827. The molecule has 0 aromatic heterocycles. The van der Waals surface area contributed by atoms with Crippen molar-refractivity contribution in [1.82, 2.24) is 0 Å². The highest BCUT2D eigenvalue weighted by molar-refractivity contribution is 5.72. The van der Waals surface area contributed by atoms with E-state index in [1.165, 1.54) is 19.1 Å². The van der Waals surface area contributed by atoms with Gasteiger partial charge in [-0.1, -0.05) is 12.1 Å². The van der Waals surface area contributed by atoms with Gasteiger partial charge in [-0.15, -0.1) is 0 Å². The first-order valence-corrected chi connectivity index (χ1v) is 5.10. The number of carboxylic acids is 2. The molecule has 0 unspecified atom stereocenters. The van der Waals surface area contributed by atoms with E-state index >= 15 is 0 Å². The minimum atomic E-state index is -1.10. The van der Waals surface area contributed by atoms with Crippen molar-refractivity contribution in [2.45, 2.75) is 25.7 Å². The van der Waals surface area contributed by atoms with E-state index in [0.717, 1.165) is 0 Å². The van der Waals surface area contributed by atoms with Gasteiger partial charge in [0.05, 0.1) is 12.8 Å². The summed E-state index contributed by atoms with van der Waals surface area (Å²) < 4.78 is 13.3. The largest absolute Gasteiger partial charge is 0.481 e. The third kappa shape index (κ3) is 3.55. The summed E-state index contributed by atoms with van der Waals surface area (Å²) in [6.07, 6.45) is -0.646. The second-order valence-electron chi connectivity index (χ2n) is 3.85. The number of hydrogen-bond donors (Lipinski definition) is 2. The van der Waals surface area contributed by atoms with Gasteiger partial charge >= 0.3 is 11.9 Å². The second kappa shape index (κ2) is 5.43. The molecule has 0 bridgehead atoms. The van der Waals surface area contributed by atoms with Crippen LogP contribution in [-0.4, -0.2) is 22.2 Å². The first-order valence-electron chi connectivity index (χ1n) is 5.10. The van der Waals surface area contributed by atoms with Gasteiger partial charge in [0, 0.05) is 5.92 Å². The monoisotopic (exact) mass is 240 g/mol. The molecule has 0 aliphatic rings. The highest BCUT2D eigenvalue weighted by Gasteiger charge is 2.21. The van der Waals surface area contributed by atoms with E-state index in [4.69, 9.17) is 10.2 Å². The van der Waals surface area contributed by atoms with Crippen LogP contribution in [0, 0.1) is 12.7 Å². The summed E-state index contributed by atoms with van der Waals surface area (Å²) in [6, 6.07) is 4.28. The average Bonchev–Trinajstić information content (AvgIpc) is 2.19. The first-order chi connectivity index (χ1) is 7.91. The molecule has 0 saturated heterocycles. The highest BCUT2D eigenvalue weighted by atomic mass is 19.1. The maximum absolute atomic E-state index is 13.3. The molecule has 0 amide bonds. The Morgan fingerprint density at radius 1 is 1.24 bits per heavy atom. The van der Waals surface area contributed by atoms with Crippen LogP contribution >= 0.6 is 0 Å². The second-order valence-corrected chi connectivity index (χ2v) is 3.85. The van der Waals surface area contributed by atoms with Gasteiger partial charge in [0.25, 0.3) is 0 Å². The van der Waals surface area contributed by atoms with Crippen molar-refractivity contribution in [3.05, 3.63) is 35.1 Å². The minimum Gasteiger partial charge on any atom is -0.481 e. The smallest absolute Gasteiger partial charge is 0.303 e. The van der Waals surface area contributed by atoms with Crippen LogP contribution in [-0.2, 0) is 9.59 Å². The Balaban J connectivity index is 3.07. The first kappa shape index (κ1) is 13.2. The molecule has 0 aliphatic carbocycles. The van der Waals surface area contributed by atoms with E-state index in [1.54, 1.807) is 6.07 Å². The predicted octanol–water partition coefficient (Wildman–Crippen LogP) is 2.17. The molecule has 17 heavy (non-hydrogen) atoms. The van der Waals surface area contributed by atoms with E-state index < -0.39 is 23.7 Å². The molecule has 0 heterocycles. The lowest BCUT2D eigenvalue weighted by Crippen LogP contribution is -2.12. The van der Waals surface area contributed by atoms with Crippen molar-refractivity contribution in [2.75, 3.05) is 0 Å². The summed E-state index contributed by atoms with van der Waals surface area (Å²) in [6.45, 7) is 1.52. The number of benzene rings is 1. The standard InChI is InChI=1S/C12H13FO4/c1-7-9(3-2-4-10(7)13)8(5-11(14)15)6-12(16)17/h2-4,8H,5-6H2,1H3,(H,14,15)(H,16,17). The van der Waals surface area contributed by atoms with Gasteiger partial charge in [-0.05, 0) is 24.1 Å². The van der Waals surface area contributed by atoms with Gasteiger partial charge in [-0.2, -0.15) is 0 Å². The predicted molar refractivity (Wildman–Crippen MR) is 58.4 cm³/mol. The summed E-state index contributed by atoms with van der Waals surface area (Å²) >= 11 is 0. The van der Waals surface area contributed by atoms with E-state index in [0.29, 0.717) is 11.1 Å².